The maximum Gasteiger partial charge on any atom is 0.255 e. The molecule has 0 aliphatic carbocycles. The van der Waals surface area contributed by atoms with E-state index in [-0.39, 0.29) is 10.8 Å². The Labute approximate surface area is 114 Å². The first kappa shape index (κ1) is 15.6. The van der Waals surface area contributed by atoms with Crippen molar-refractivity contribution in [1.82, 2.24) is 9.42 Å². The SMILES string of the molecule is CCN(N(C)C)S(=O)(=O)c1ccc(NC(C)=O)cc1. The summed E-state index contributed by atoms with van der Waals surface area (Å²) in [6, 6.07) is 6.09. The van der Waals surface area contributed by atoms with Gasteiger partial charge in [0.15, 0.2) is 0 Å². The van der Waals surface area contributed by atoms with Crippen LogP contribution >= 0.6 is 0 Å². The summed E-state index contributed by atoms with van der Waals surface area (Å²) >= 11 is 0. The highest BCUT2D eigenvalue weighted by Crippen LogP contribution is 2.18. The van der Waals surface area contributed by atoms with E-state index in [1.807, 2.05) is 0 Å². The molecule has 0 saturated heterocycles. The number of anilines is 1. The van der Waals surface area contributed by atoms with E-state index in [2.05, 4.69) is 5.32 Å². The zero-order valence-corrected chi connectivity index (χ0v) is 12.4. The van der Waals surface area contributed by atoms with Crippen LogP contribution in [0.3, 0.4) is 0 Å². The van der Waals surface area contributed by atoms with Crippen LogP contribution in [0.25, 0.3) is 0 Å². The van der Waals surface area contributed by atoms with Crippen LogP contribution in [0.1, 0.15) is 13.8 Å². The lowest BCUT2D eigenvalue weighted by Crippen LogP contribution is -2.41. The lowest BCUT2D eigenvalue weighted by atomic mass is 10.3. The van der Waals surface area contributed by atoms with E-state index in [0.717, 1.165) is 0 Å². The van der Waals surface area contributed by atoms with Crippen molar-refractivity contribution in [3.63, 3.8) is 0 Å². The van der Waals surface area contributed by atoms with E-state index in [0.29, 0.717) is 12.2 Å². The third kappa shape index (κ3) is 3.76. The molecular formula is C12H19N3O3S. The Morgan fingerprint density at radius 3 is 2.11 bits per heavy atom. The number of nitrogens with one attached hydrogen (secondary N) is 1. The number of sulfonamides is 1. The smallest absolute Gasteiger partial charge is 0.255 e. The molecular weight excluding hydrogens is 266 g/mol. The van der Waals surface area contributed by atoms with Gasteiger partial charge < -0.3 is 5.32 Å². The molecule has 0 heterocycles. The number of nitrogens with zero attached hydrogens (tertiary/aromatic N) is 2. The number of hydrogen-bond donors (Lipinski definition) is 1. The number of amides is 1. The largest absolute Gasteiger partial charge is 0.326 e. The van der Waals surface area contributed by atoms with Gasteiger partial charge in [0.05, 0.1) is 4.90 Å². The average molecular weight is 285 g/mol. The Kier molecular flexibility index (Phi) is 5.04. The molecule has 0 saturated carbocycles. The molecule has 0 atom stereocenters. The summed E-state index contributed by atoms with van der Waals surface area (Å²) in [4.78, 5) is 11.1. The quantitative estimate of drug-likeness (QED) is 0.823. The van der Waals surface area contributed by atoms with Gasteiger partial charge in [-0.05, 0) is 31.2 Å². The summed E-state index contributed by atoms with van der Waals surface area (Å²) in [6.07, 6.45) is 0. The van der Waals surface area contributed by atoms with E-state index < -0.39 is 10.0 Å². The molecule has 1 aromatic carbocycles. The van der Waals surface area contributed by atoms with Crippen LogP contribution in [-0.4, -0.2) is 44.4 Å². The topological polar surface area (TPSA) is 69.7 Å². The maximum atomic E-state index is 12.3. The average Bonchev–Trinajstić information content (AvgIpc) is 2.28. The number of hydrogen-bond acceptors (Lipinski definition) is 4. The highest BCUT2D eigenvalue weighted by molar-refractivity contribution is 7.89. The summed E-state index contributed by atoms with van der Waals surface area (Å²) in [5.41, 5.74) is 0.569. The first-order valence-electron chi connectivity index (χ1n) is 5.86. The highest BCUT2D eigenvalue weighted by atomic mass is 32.2. The molecule has 7 heteroatoms. The summed E-state index contributed by atoms with van der Waals surface area (Å²) in [5.74, 6) is -0.195. The van der Waals surface area contributed by atoms with Gasteiger partial charge in [-0.25, -0.2) is 13.4 Å². The van der Waals surface area contributed by atoms with Crippen molar-refractivity contribution in [2.24, 2.45) is 0 Å². The second kappa shape index (κ2) is 6.14. The first-order chi connectivity index (χ1) is 8.78. The fourth-order valence-corrected chi connectivity index (χ4v) is 3.20. The van der Waals surface area contributed by atoms with E-state index in [1.165, 1.54) is 28.5 Å². The van der Waals surface area contributed by atoms with E-state index in [9.17, 15) is 13.2 Å². The number of carbonyl (C=O) groups is 1. The van der Waals surface area contributed by atoms with Gasteiger partial charge in [-0.1, -0.05) is 0 Å². The number of benzene rings is 1. The summed E-state index contributed by atoms with van der Waals surface area (Å²) in [5, 5.41) is 4.12. The summed E-state index contributed by atoms with van der Waals surface area (Å²) in [7, 11) is -0.202. The van der Waals surface area contributed by atoms with Gasteiger partial charge in [0.2, 0.25) is 5.91 Å². The molecule has 1 amide bonds. The van der Waals surface area contributed by atoms with E-state index >= 15 is 0 Å². The minimum atomic E-state index is -3.55. The maximum absolute atomic E-state index is 12.3. The van der Waals surface area contributed by atoms with Crippen molar-refractivity contribution >= 4 is 21.6 Å². The zero-order valence-electron chi connectivity index (χ0n) is 11.5. The molecule has 0 aromatic heterocycles. The van der Waals surface area contributed by atoms with Crippen molar-refractivity contribution in [3.05, 3.63) is 24.3 Å². The molecule has 6 nitrogen and oxygen atoms in total. The molecule has 0 bridgehead atoms. The van der Waals surface area contributed by atoms with Gasteiger partial charge >= 0.3 is 0 Å². The molecule has 1 aromatic rings. The normalized spacial score (nSPS) is 11.9. The van der Waals surface area contributed by atoms with Crippen molar-refractivity contribution in [3.8, 4) is 0 Å². The van der Waals surface area contributed by atoms with Gasteiger partial charge in [0, 0.05) is 33.3 Å². The van der Waals surface area contributed by atoms with Gasteiger partial charge in [-0.3, -0.25) is 4.79 Å². The van der Waals surface area contributed by atoms with Crippen molar-refractivity contribution in [1.29, 1.82) is 0 Å². The monoisotopic (exact) mass is 285 g/mol. The molecule has 0 aliphatic heterocycles. The Hall–Kier alpha value is -1.44. The second-order valence-electron chi connectivity index (χ2n) is 4.20. The molecule has 106 valence electrons. The van der Waals surface area contributed by atoms with Gasteiger partial charge in [-0.15, -0.1) is 4.41 Å². The minimum Gasteiger partial charge on any atom is -0.326 e. The van der Waals surface area contributed by atoms with Crippen LogP contribution in [0.15, 0.2) is 29.2 Å². The van der Waals surface area contributed by atoms with E-state index in [4.69, 9.17) is 0 Å². The van der Waals surface area contributed by atoms with Gasteiger partial charge in [0.25, 0.3) is 10.0 Å². The Balaban J connectivity index is 3.06. The molecule has 0 radical (unpaired) electrons. The number of carbonyl (C=O) groups excluding carboxylic acids is 1. The van der Waals surface area contributed by atoms with E-state index in [1.54, 1.807) is 33.2 Å². The van der Waals surface area contributed by atoms with Crippen LogP contribution in [0.5, 0.6) is 0 Å². The second-order valence-corrected chi connectivity index (χ2v) is 6.04. The predicted octanol–water partition coefficient (Wildman–Crippen LogP) is 1.13. The molecule has 0 aliphatic rings. The van der Waals surface area contributed by atoms with Crippen molar-refractivity contribution in [2.75, 3.05) is 26.0 Å². The fraction of sp³-hybridized carbons (Fsp3) is 0.417. The van der Waals surface area contributed by atoms with Crippen LogP contribution in [0.4, 0.5) is 5.69 Å². The lowest BCUT2D eigenvalue weighted by Gasteiger charge is -2.26. The summed E-state index contributed by atoms with van der Waals surface area (Å²) < 4.78 is 25.9. The Morgan fingerprint density at radius 2 is 1.74 bits per heavy atom. The lowest BCUT2D eigenvalue weighted by molar-refractivity contribution is -0.114. The van der Waals surface area contributed by atoms with Crippen LogP contribution in [0.2, 0.25) is 0 Å². The molecule has 0 spiro atoms. The minimum absolute atomic E-state index is 0.192. The Morgan fingerprint density at radius 1 is 1.21 bits per heavy atom. The van der Waals surface area contributed by atoms with Gasteiger partial charge in [-0.2, -0.15) is 0 Å². The number of rotatable bonds is 5. The third-order valence-electron chi connectivity index (χ3n) is 2.47. The van der Waals surface area contributed by atoms with Gasteiger partial charge in [0.1, 0.15) is 0 Å². The van der Waals surface area contributed by atoms with Crippen LogP contribution in [0, 0.1) is 0 Å². The first-order valence-corrected chi connectivity index (χ1v) is 7.30. The van der Waals surface area contributed by atoms with Crippen molar-refractivity contribution < 1.29 is 13.2 Å². The summed E-state index contributed by atoms with van der Waals surface area (Å²) in [6.45, 7) is 3.52. The number of hydrazine groups is 1. The fourth-order valence-electron chi connectivity index (χ4n) is 1.70. The van der Waals surface area contributed by atoms with Crippen LogP contribution < -0.4 is 5.32 Å². The Bertz CT molecular complexity index is 538. The predicted molar refractivity (Wildman–Crippen MR) is 74.0 cm³/mol. The third-order valence-corrected chi connectivity index (χ3v) is 4.47. The van der Waals surface area contributed by atoms with Crippen molar-refractivity contribution in [2.45, 2.75) is 18.7 Å². The molecule has 1 rings (SSSR count). The molecule has 19 heavy (non-hydrogen) atoms. The molecule has 1 N–H and O–H groups in total. The highest BCUT2D eigenvalue weighted by Gasteiger charge is 2.24. The van der Waals surface area contributed by atoms with Crippen LogP contribution in [-0.2, 0) is 14.8 Å². The molecule has 0 unspecified atom stereocenters. The molecule has 0 fully saturated rings. The standard InChI is InChI=1S/C12H19N3O3S/c1-5-15(14(3)4)19(17,18)12-8-6-11(7-9-12)13-10(2)16/h6-9H,5H2,1-4H3,(H,13,16). The zero-order chi connectivity index (χ0) is 14.6.